The van der Waals surface area contributed by atoms with Crippen molar-refractivity contribution in [2.45, 2.75) is 31.7 Å². The Kier molecular flexibility index (Phi) is 3.01. The molecule has 3 aromatic heterocycles. The molecular weight excluding hydrogens is 294 g/mol. The van der Waals surface area contributed by atoms with Crippen LogP contribution in [0.2, 0.25) is 0 Å². The molecule has 0 unspecified atom stereocenters. The quantitative estimate of drug-likeness (QED) is 0.711. The van der Waals surface area contributed by atoms with Crippen molar-refractivity contribution >= 4 is 15.6 Å². The Labute approximate surface area is 120 Å². The predicted octanol–water partition coefficient (Wildman–Crippen LogP) is 1.01. The van der Waals surface area contributed by atoms with Gasteiger partial charge < -0.3 is 4.52 Å². The van der Waals surface area contributed by atoms with Gasteiger partial charge in [-0.25, -0.2) is 17.9 Å². The molecule has 0 spiro atoms. The first-order valence-electron chi connectivity index (χ1n) is 6.21. The van der Waals surface area contributed by atoms with E-state index in [1.807, 2.05) is 13.8 Å². The van der Waals surface area contributed by atoms with Crippen LogP contribution in [-0.2, 0) is 15.6 Å². The average molecular weight is 307 g/mol. The van der Waals surface area contributed by atoms with Crippen LogP contribution in [0.4, 0.5) is 0 Å². The van der Waals surface area contributed by atoms with Crippen molar-refractivity contribution in [2.24, 2.45) is 0 Å². The minimum absolute atomic E-state index is 0.260. The average Bonchev–Trinajstić information content (AvgIpc) is 2.95. The van der Waals surface area contributed by atoms with Crippen LogP contribution in [0.25, 0.3) is 5.78 Å². The molecule has 0 aliphatic rings. The third-order valence-electron chi connectivity index (χ3n) is 2.89. The first kappa shape index (κ1) is 13.7. The zero-order chi connectivity index (χ0) is 15.2. The molecule has 0 atom stereocenters. The van der Waals surface area contributed by atoms with Crippen LogP contribution in [0.5, 0.6) is 0 Å². The molecule has 3 rings (SSSR count). The molecule has 0 N–H and O–H groups in total. The zero-order valence-corrected chi connectivity index (χ0v) is 12.5. The molecule has 0 saturated carbocycles. The summed E-state index contributed by atoms with van der Waals surface area (Å²) in [6.07, 6.45) is 0. The second kappa shape index (κ2) is 4.62. The minimum atomic E-state index is -3.70. The molecule has 0 bridgehead atoms. The van der Waals surface area contributed by atoms with Gasteiger partial charge in [0.25, 0.3) is 10.9 Å². The second-order valence-corrected chi connectivity index (χ2v) is 6.72. The third-order valence-corrected chi connectivity index (χ3v) is 4.30. The Balaban J connectivity index is 2.04. The number of nitrogens with zero attached hydrogens (tertiary/aromatic N) is 5. The van der Waals surface area contributed by atoms with Crippen LogP contribution in [0.1, 0.15) is 22.8 Å². The first-order valence-corrected chi connectivity index (χ1v) is 7.86. The third kappa shape index (κ3) is 2.51. The van der Waals surface area contributed by atoms with Gasteiger partial charge in [-0.15, -0.1) is 5.10 Å². The maximum absolute atomic E-state index is 12.3. The van der Waals surface area contributed by atoms with Gasteiger partial charge >= 0.3 is 0 Å². The number of sulfone groups is 1. The van der Waals surface area contributed by atoms with E-state index in [1.165, 1.54) is 4.52 Å². The number of aryl methyl sites for hydroxylation is 3. The molecule has 3 aromatic rings. The molecule has 0 radical (unpaired) electrons. The van der Waals surface area contributed by atoms with E-state index >= 15 is 0 Å². The summed E-state index contributed by atoms with van der Waals surface area (Å²) in [5, 5.41) is 7.44. The number of rotatable bonds is 3. The van der Waals surface area contributed by atoms with Gasteiger partial charge in [0.1, 0.15) is 11.5 Å². The van der Waals surface area contributed by atoms with Gasteiger partial charge in [-0.05, 0) is 26.8 Å². The van der Waals surface area contributed by atoms with Crippen LogP contribution in [0.15, 0.2) is 21.8 Å². The topological polar surface area (TPSA) is 103 Å². The summed E-state index contributed by atoms with van der Waals surface area (Å²) < 4.78 is 30.9. The van der Waals surface area contributed by atoms with Gasteiger partial charge in [-0.1, -0.05) is 5.16 Å². The maximum Gasteiger partial charge on any atom is 0.269 e. The fourth-order valence-electron chi connectivity index (χ4n) is 2.02. The Bertz CT molecular complexity index is 926. The Morgan fingerprint density at radius 1 is 1.19 bits per heavy atom. The summed E-state index contributed by atoms with van der Waals surface area (Å²) in [5.41, 5.74) is 1.85. The molecule has 0 fully saturated rings. The summed E-state index contributed by atoms with van der Waals surface area (Å²) in [6.45, 7) is 5.32. The largest absolute Gasteiger partial charge is 0.361 e. The van der Waals surface area contributed by atoms with Crippen molar-refractivity contribution in [3.05, 3.63) is 35.0 Å². The smallest absolute Gasteiger partial charge is 0.269 e. The van der Waals surface area contributed by atoms with E-state index in [4.69, 9.17) is 4.52 Å². The van der Waals surface area contributed by atoms with Gasteiger partial charge in [0.2, 0.25) is 9.84 Å². The summed E-state index contributed by atoms with van der Waals surface area (Å²) in [5.74, 6) is 0.512. The molecule has 21 heavy (non-hydrogen) atoms. The Hall–Kier alpha value is -2.29. The molecule has 110 valence electrons. The lowest BCUT2D eigenvalue weighted by Gasteiger charge is -1.97. The lowest BCUT2D eigenvalue weighted by Crippen LogP contribution is -2.07. The van der Waals surface area contributed by atoms with Crippen LogP contribution >= 0.6 is 0 Å². The van der Waals surface area contributed by atoms with Gasteiger partial charge in [0, 0.05) is 17.5 Å². The molecular formula is C12H13N5O3S. The van der Waals surface area contributed by atoms with Crippen LogP contribution in [0, 0.1) is 20.8 Å². The molecule has 9 heteroatoms. The SMILES string of the molecule is Cc1cc(C)n2nc(S(=O)(=O)Cc3cc(C)on3)nc2n1. The van der Waals surface area contributed by atoms with Crippen molar-refractivity contribution in [3.8, 4) is 0 Å². The monoisotopic (exact) mass is 307 g/mol. The van der Waals surface area contributed by atoms with Crippen LogP contribution in [0.3, 0.4) is 0 Å². The molecule has 3 heterocycles. The van der Waals surface area contributed by atoms with Gasteiger partial charge in [-0.2, -0.15) is 4.98 Å². The summed E-state index contributed by atoms with van der Waals surface area (Å²) in [7, 11) is -3.70. The molecule has 0 saturated heterocycles. The fourth-order valence-corrected chi connectivity index (χ4v) is 3.11. The number of aromatic nitrogens is 5. The number of hydrogen-bond acceptors (Lipinski definition) is 7. The lowest BCUT2D eigenvalue weighted by molar-refractivity contribution is 0.392. The normalized spacial score (nSPS) is 12.1. The molecule has 0 aliphatic carbocycles. The minimum Gasteiger partial charge on any atom is -0.361 e. The number of fused-ring (bicyclic) bond motifs is 1. The van der Waals surface area contributed by atoms with Gasteiger partial charge in [0.15, 0.2) is 0 Å². The van der Waals surface area contributed by atoms with Crippen molar-refractivity contribution in [1.82, 2.24) is 24.7 Å². The summed E-state index contributed by atoms with van der Waals surface area (Å²) in [6, 6.07) is 3.38. The highest BCUT2D eigenvalue weighted by molar-refractivity contribution is 7.90. The van der Waals surface area contributed by atoms with E-state index < -0.39 is 9.84 Å². The zero-order valence-electron chi connectivity index (χ0n) is 11.7. The van der Waals surface area contributed by atoms with Gasteiger partial charge in [-0.3, -0.25) is 0 Å². The van der Waals surface area contributed by atoms with Crippen LogP contribution < -0.4 is 0 Å². The highest BCUT2D eigenvalue weighted by Crippen LogP contribution is 2.15. The van der Waals surface area contributed by atoms with E-state index in [0.29, 0.717) is 11.5 Å². The highest BCUT2D eigenvalue weighted by Gasteiger charge is 2.24. The highest BCUT2D eigenvalue weighted by atomic mass is 32.2. The van der Waals surface area contributed by atoms with E-state index in [0.717, 1.165) is 11.4 Å². The summed E-state index contributed by atoms with van der Waals surface area (Å²) >= 11 is 0. The molecule has 0 aliphatic heterocycles. The second-order valence-electron chi connectivity index (χ2n) is 4.83. The Morgan fingerprint density at radius 2 is 1.95 bits per heavy atom. The Morgan fingerprint density at radius 3 is 2.62 bits per heavy atom. The van der Waals surface area contributed by atoms with Crippen molar-refractivity contribution in [2.75, 3.05) is 0 Å². The maximum atomic E-state index is 12.3. The number of hydrogen-bond donors (Lipinski definition) is 0. The van der Waals surface area contributed by atoms with E-state index in [-0.39, 0.29) is 16.7 Å². The standard InChI is InChI=1S/C12H13N5O3S/c1-7-4-8(2)17-11(13-7)14-12(15-17)21(18,19)6-10-5-9(3)20-16-10/h4-5H,6H2,1-3H3. The fraction of sp³-hybridized carbons (Fsp3) is 0.333. The molecule has 8 nitrogen and oxygen atoms in total. The van der Waals surface area contributed by atoms with Gasteiger partial charge in [0.05, 0.1) is 5.69 Å². The van der Waals surface area contributed by atoms with E-state index in [2.05, 4.69) is 20.2 Å². The van der Waals surface area contributed by atoms with Crippen molar-refractivity contribution < 1.29 is 12.9 Å². The molecule has 0 aromatic carbocycles. The van der Waals surface area contributed by atoms with E-state index in [1.54, 1.807) is 19.1 Å². The van der Waals surface area contributed by atoms with Crippen molar-refractivity contribution in [1.29, 1.82) is 0 Å². The van der Waals surface area contributed by atoms with Crippen LogP contribution in [-0.4, -0.2) is 33.2 Å². The van der Waals surface area contributed by atoms with Crippen molar-refractivity contribution in [3.63, 3.8) is 0 Å². The lowest BCUT2D eigenvalue weighted by atomic mass is 10.4. The predicted molar refractivity (Wildman–Crippen MR) is 72.4 cm³/mol. The molecule has 0 amide bonds. The van der Waals surface area contributed by atoms with E-state index in [9.17, 15) is 8.42 Å². The first-order chi connectivity index (χ1) is 9.85. The summed E-state index contributed by atoms with van der Waals surface area (Å²) in [4.78, 5) is 8.18.